The van der Waals surface area contributed by atoms with E-state index in [2.05, 4.69) is 28.3 Å². The number of ether oxygens (including phenoxy) is 1. The predicted octanol–water partition coefficient (Wildman–Crippen LogP) is 3.76. The molecular formula is C17H16N2O. The summed E-state index contributed by atoms with van der Waals surface area (Å²) in [7, 11) is 1.68. The van der Waals surface area contributed by atoms with E-state index in [-0.39, 0.29) is 0 Å². The van der Waals surface area contributed by atoms with Crippen LogP contribution in [0, 0.1) is 0 Å². The maximum Gasteiger partial charge on any atom is 0.137 e. The zero-order valence-corrected chi connectivity index (χ0v) is 11.4. The van der Waals surface area contributed by atoms with E-state index >= 15 is 0 Å². The Kier molecular flexibility index (Phi) is 3.25. The number of fused-ring (bicyclic) bond motifs is 1. The summed E-state index contributed by atoms with van der Waals surface area (Å²) in [5, 5.41) is 1.15. The average molecular weight is 264 g/mol. The van der Waals surface area contributed by atoms with Crippen LogP contribution >= 0.6 is 0 Å². The van der Waals surface area contributed by atoms with E-state index in [1.54, 1.807) is 7.11 Å². The van der Waals surface area contributed by atoms with Gasteiger partial charge in [-0.25, -0.2) is 4.98 Å². The summed E-state index contributed by atoms with van der Waals surface area (Å²) in [6, 6.07) is 14.2. The van der Waals surface area contributed by atoms with Gasteiger partial charge < -0.3 is 4.74 Å². The minimum Gasteiger partial charge on any atom is -0.497 e. The molecule has 3 nitrogen and oxygen atoms in total. The molecule has 0 fully saturated rings. The maximum absolute atomic E-state index is 5.29. The fourth-order valence-corrected chi connectivity index (χ4v) is 2.43. The summed E-state index contributed by atoms with van der Waals surface area (Å²) in [5.41, 5.74) is 2.29. The number of hydrogen-bond acceptors (Lipinski definition) is 2. The van der Waals surface area contributed by atoms with Gasteiger partial charge in [-0.15, -0.1) is 6.58 Å². The number of rotatable bonds is 4. The molecule has 0 atom stereocenters. The van der Waals surface area contributed by atoms with E-state index in [4.69, 9.17) is 4.74 Å². The van der Waals surface area contributed by atoms with Crippen molar-refractivity contribution >= 4 is 10.9 Å². The fourth-order valence-electron chi connectivity index (χ4n) is 2.43. The smallest absolute Gasteiger partial charge is 0.137 e. The number of allylic oxidation sites excluding steroid dienone is 1. The molecule has 100 valence electrons. The van der Waals surface area contributed by atoms with Gasteiger partial charge in [-0.2, -0.15) is 0 Å². The molecule has 0 aliphatic rings. The lowest BCUT2D eigenvalue weighted by atomic mass is 10.2. The Morgan fingerprint density at radius 2 is 2.15 bits per heavy atom. The number of hydrogen-bond donors (Lipinski definition) is 0. The Morgan fingerprint density at radius 3 is 2.85 bits per heavy atom. The molecule has 3 rings (SSSR count). The molecule has 0 radical (unpaired) electrons. The Balaban J connectivity index is 2.27. The molecule has 0 aliphatic carbocycles. The fraction of sp³-hybridized carbons (Fsp3) is 0.118. The predicted molar refractivity (Wildman–Crippen MR) is 81.5 cm³/mol. The SMILES string of the molecule is C=CCc1cc2cc(OC)ccc2n1-c1ccccn1. The van der Waals surface area contributed by atoms with Crippen molar-refractivity contribution in [1.82, 2.24) is 9.55 Å². The molecule has 0 saturated carbocycles. The molecule has 0 spiro atoms. The van der Waals surface area contributed by atoms with Crippen molar-refractivity contribution in [2.75, 3.05) is 7.11 Å². The van der Waals surface area contributed by atoms with Crippen LogP contribution in [0.2, 0.25) is 0 Å². The van der Waals surface area contributed by atoms with Crippen LogP contribution in [0.15, 0.2) is 61.3 Å². The lowest BCUT2D eigenvalue weighted by molar-refractivity contribution is 0.415. The highest BCUT2D eigenvalue weighted by atomic mass is 16.5. The summed E-state index contributed by atoms with van der Waals surface area (Å²) in [6.07, 6.45) is 4.51. The van der Waals surface area contributed by atoms with Crippen molar-refractivity contribution in [1.29, 1.82) is 0 Å². The number of benzene rings is 1. The Morgan fingerprint density at radius 1 is 1.25 bits per heavy atom. The van der Waals surface area contributed by atoms with Gasteiger partial charge in [0, 0.05) is 23.7 Å². The monoisotopic (exact) mass is 264 g/mol. The highest BCUT2D eigenvalue weighted by Gasteiger charge is 2.11. The van der Waals surface area contributed by atoms with Crippen LogP contribution in [0.3, 0.4) is 0 Å². The van der Waals surface area contributed by atoms with Gasteiger partial charge in [0.05, 0.1) is 12.6 Å². The molecule has 0 aliphatic heterocycles. The van der Waals surface area contributed by atoms with E-state index in [1.165, 1.54) is 5.69 Å². The first-order valence-electron chi connectivity index (χ1n) is 6.54. The van der Waals surface area contributed by atoms with Crippen LogP contribution in [-0.2, 0) is 6.42 Å². The van der Waals surface area contributed by atoms with Gasteiger partial charge in [-0.05, 0) is 36.4 Å². The van der Waals surface area contributed by atoms with Gasteiger partial charge >= 0.3 is 0 Å². The first-order valence-corrected chi connectivity index (χ1v) is 6.54. The molecular weight excluding hydrogens is 248 g/mol. The highest BCUT2D eigenvalue weighted by Crippen LogP contribution is 2.27. The molecule has 0 amide bonds. The maximum atomic E-state index is 5.29. The van der Waals surface area contributed by atoms with E-state index < -0.39 is 0 Å². The van der Waals surface area contributed by atoms with Gasteiger partial charge in [-0.3, -0.25) is 4.57 Å². The molecule has 2 aromatic heterocycles. The summed E-state index contributed by atoms with van der Waals surface area (Å²) in [4.78, 5) is 4.45. The topological polar surface area (TPSA) is 27.1 Å². The third-order valence-corrected chi connectivity index (χ3v) is 3.32. The van der Waals surface area contributed by atoms with E-state index in [1.807, 2.05) is 42.6 Å². The van der Waals surface area contributed by atoms with Crippen LogP contribution in [0.1, 0.15) is 5.69 Å². The molecule has 3 aromatic rings. The zero-order valence-electron chi connectivity index (χ0n) is 11.4. The molecule has 0 unspecified atom stereocenters. The van der Waals surface area contributed by atoms with Crippen LogP contribution < -0.4 is 4.74 Å². The van der Waals surface area contributed by atoms with Crippen LogP contribution in [-0.4, -0.2) is 16.7 Å². The van der Waals surface area contributed by atoms with Crippen molar-refractivity contribution in [2.45, 2.75) is 6.42 Å². The quantitative estimate of drug-likeness (QED) is 0.671. The van der Waals surface area contributed by atoms with Crippen molar-refractivity contribution in [3.63, 3.8) is 0 Å². The lowest BCUT2D eigenvalue weighted by Crippen LogP contribution is -2.01. The normalized spacial score (nSPS) is 10.7. The van der Waals surface area contributed by atoms with Crippen molar-refractivity contribution < 1.29 is 4.74 Å². The summed E-state index contributed by atoms with van der Waals surface area (Å²) >= 11 is 0. The first kappa shape index (κ1) is 12.5. The number of nitrogens with zero attached hydrogens (tertiary/aromatic N) is 2. The van der Waals surface area contributed by atoms with Crippen LogP contribution in [0.5, 0.6) is 5.75 Å². The number of methoxy groups -OCH3 is 1. The van der Waals surface area contributed by atoms with E-state index in [0.29, 0.717) is 0 Å². The Hall–Kier alpha value is -2.55. The molecule has 1 aromatic carbocycles. The first-order chi connectivity index (χ1) is 9.83. The van der Waals surface area contributed by atoms with Crippen LogP contribution in [0.25, 0.3) is 16.7 Å². The van der Waals surface area contributed by atoms with Gasteiger partial charge in [-0.1, -0.05) is 12.1 Å². The molecule has 0 N–H and O–H groups in total. The number of aromatic nitrogens is 2. The minimum atomic E-state index is 0.799. The van der Waals surface area contributed by atoms with Crippen LogP contribution in [0.4, 0.5) is 0 Å². The van der Waals surface area contributed by atoms with Gasteiger partial charge in [0.2, 0.25) is 0 Å². The zero-order chi connectivity index (χ0) is 13.9. The molecule has 2 heterocycles. The second-order valence-corrected chi connectivity index (χ2v) is 4.58. The van der Waals surface area contributed by atoms with E-state index in [0.717, 1.165) is 28.9 Å². The third kappa shape index (κ3) is 2.07. The minimum absolute atomic E-state index is 0.799. The Labute approximate surface area is 118 Å². The largest absolute Gasteiger partial charge is 0.497 e. The summed E-state index contributed by atoms with van der Waals surface area (Å²) in [5.74, 6) is 1.78. The van der Waals surface area contributed by atoms with Gasteiger partial charge in [0.15, 0.2) is 0 Å². The average Bonchev–Trinajstić information content (AvgIpc) is 2.85. The highest BCUT2D eigenvalue weighted by molar-refractivity contribution is 5.84. The Bertz CT molecular complexity index is 744. The van der Waals surface area contributed by atoms with Crippen molar-refractivity contribution in [3.05, 3.63) is 67.0 Å². The second kappa shape index (κ2) is 5.21. The summed E-state index contributed by atoms with van der Waals surface area (Å²) < 4.78 is 7.46. The molecule has 20 heavy (non-hydrogen) atoms. The second-order valence-electron chi connectivity index (χ2n) is 4.58. The van der Waals surface area contributed by atoms with Crippen molar-refractivity contribution in [2.24, 2.45) is 0 Å². The molecule has 0 bridgehead atoms. The number of pyridine rings is 1. The third-order valence-electron chi connectivity index (χ3n) is 3.32. The standard InChI is InChI=1S/C17H16N2O/c1-3-6-14-11-13-12-15(20-2)8-9-16(13)19(14)17-7-4-5-10-18-17/h3-5,7-12H,1,6H2,2H3. The van der Waals surface area contributed by atoms with Crippen molar-refractivity contribution in [3.8, 4) is 11.6 Å². The lowest BCUT2D eigenvalue weighted by Gasteiger charge is -2.08. The van der Waals surface area contributed by atoms with E-state index in [9.17, 15) is 0 Å². The van der Waals surface area contributed by atoms with Gasteiger partial charge in [0.1, 0.15) is 11.6 Å². The molecule has 3 heteroatoms. The van der Waals surface area contributed by atoms with Gasteiger partial charge in [0.25, 0.3) is 0 Å². The molecule has 0 saturated heterocycles. The summed E-state index contributed by atoms with van der Waals surface area (Å²) in [6.45, 7) is 3.84.